The summed E-state index contributed by atoms with van der Waals surface area (Å²) in [6.07, 6.45) is 2.89. The number of aryl methyl sites for hydroxylation is 1. The molecule has 0 bridgehead atoms. The van der Waals surface area contributed by atoms with Gasteiger partial charge in [0.15, 0.2) is 10.9 Å². The zero-order chi connectivity index (χ0) is 21.1. The van der Waals surface area contributed by atoms with Gasteiger partial charge in [-0.3, -0.25) is 14.2 Å². The number of aromatic nitrogens is 2. The van der Waals surface area contributed by atoms with Crippen LogP contribution >= 0.6 is 11.8 Å². The van der Waals surface area contributed by atoms with Gasteiger partial charge < -0.3 is 4.74 Å². The van der Waals surface area contributed by atoms with E-state index in [2.05, 4.69) is 6.92 Å². The van der Waals surface area contributed by atoms with Crippen molar-refractivity contribution in [3.05, 3.63) is 70.0 Å². The molecule has 1 saturated heterocycles. The summed E-state index contributed by atoms with van der Waals surface area (Å²) >= 11 is 1.34. The van der Waals surface area contributed by atoms with Crippen molar-refractivity contribution in [2.24, 2.45) is 0 Å². The zero-order valence-electron chi connectivity index (χ0n) is 17.3. The van der Waals surface area contributed by atoms with Gasteiger partial charge in [-0.15, -0.1) is 0 Å². The van der Waals surface area contributed by atoms with Crippen LogP contribution in [0.3, 0.4) is 0 Å². The van der Waals surface area contributed by atoms with Gasteiger partial charge in [-0.05, 0) is 43.9 Å². The summed E-state index contributed by atoms with van der Waals surface area (Å²) in [5.41, 5.74) is 2.46. The summed E-state index contributed by atoms with van der Waals surface area (Å²) in [5.74, 6) is 0.0359. The molecule has 6 heteroatoms. The fourth-order valence-corrected chi connectivity index (χ4v) is 4.74. The highest BCUT2D eigenvalue weighted by molar-refractivity contribution is 8.00. The lowest BCUT2D eigenvalue weighted by atomic mass is 10.1. The third-order valence-electron chi connectivity index (χ3n) is 5.53. The van der Waals surface area contributed by atoms with E-state index in [-0.39, 0.29) is 22.7 Å². The van der Waals surface area contributed by atoms with E-state index in [0.717, 1.165) is 25.9 Å². The number of ether oxygens (including phenoxy) is 1. The van der Waals surface area contributed by atoms with Crippen molar-refractivity contribution in [3.63, 3.8) is 0 Å². The Morgan fingerprint density at radius 3 is 2.70 bits per heavy atom. The molecule has 2 atom stereocenters. The first-order valence-electron chi connectivity index (χ1n) is 10.5. The number of rotatable bonds is 7. The monoisotopic (exact) mass is 422 g/mol. The molecule has 2 aromatic carbocycles. The number of para-hydroxylation sites is 1. The molecule has 0 spiro atoms. The third kappa shape index (κ3) is 4.35. The Morgan fingerprint density at radius 1 is 1.23 bits per heavy atom. The van der Waals surface area contributed by atoms with Gasteiger partial charge in [0.05, 0.1) is 28.8 Å². The molecule has 30 heavy (non-hydrogen) atoms. The Morgan fingerprint density at radius 2 is 2.00 bits per heavy atom. The summed E-state index contributed by atoms with van der Waals surface area (Å²) in [5, 5.41) is 0.801. The number of nitrogens with zero attached hydrogens (tertiary/aromatic N) is 2. The van der Waals surface area contributed by atoms with Crippen molar-refractivity contribution < 1.29 is 9.53 Å². The predicted octanol–water partition coefficient (Wildman–Crippen LogP) is 4.50. The van der Waals surface area contributed by atoms with E-state index in [9.17, 15) is 9.59 Å². The molecule has 5 nitrogen and oxygen atoms in total. The summed E-state index contributed by atoms with van der Waals surface area (Å²) in [6.45, 7) is 5.16. The van der Waals surface area contributed by atoms with Gasteiger partial charge in [0.1, 0.15) is 0 Å². The molecule has 1 fully saturated rings. The van der Waals surface area contributed by atoms with Crippen molar-refractivity contribution in [2.45, 2.75) is 56.2 Å². The predicted molar refractivity (Wildman–Crippen MR) is 120 cm³/mol. The minimum Gasteiger partial charge on any atom is -0.376 e. The average Bonchev–Trinajstić information content (AvgIpc) is 3.29. The normalized spacial score (nSPS) is 17.3. The SMILES string of the molecule is CCc1ccc(C(=O)[C@H](C)Sc2nc3ccccc3c(=O)n2C[C@@H]2CCCO2)cc1. The van der Waals surface area contributed by atoms with Crippen molar-refractivity contribution >= 4 is 28.4 Å². The Balaban J connectivity index is 1.65. The van der Waals surface area contributed by atoms with E-state index in [4.69, 9.17) is 9.72 Å². The second-order valence-electron chi connectivity index (χ2n) is 7.64. The quantitative estimate of drug-likeness (QED) is 0.319. The number of benzene rings is 2. The molecule has 0 saturated carbocycles. The number of hydrogen-bond acceptors (Lipinski definition) is 5. The molecular formula is C24H26N2O3S. The van der Waals surface area contributed by atoms with E-state index in [1.54, 1.807) is 10.6 Å². The van der Waals surface area contributed by atoms with E-state index in [1.165, 1.54) is 17.3 Å². The van der Waals surface area contributed by atoms with E-state index < -0.39 is 0 Å². The fraction of sp³-hybridized carbons (Fsp3) is 0.375. The first kappa shape index (κ1) is 20.8. The molecule has 1 aliphatic rings. The van der Waals surface area contributed by atoms with Gasteiger partial charge in [0.2, 0.25) is 0 Å². The van der Waals surface area contributed by atoms with Crippen LogP contribution in [0.2, 0.25) is 0 Å². The number of fused-ring (bicyclic) bond motifs is 1. The molecule has 0 radical (unpaired) electrons. The average molecular weight is 423 g/mol. The van der Waals surface area contributed by atoms with Gasteiger partial charge in [-0.2, -0.15) is 0 Å². The topological polar surface area (TPSA) is 61.2 Å². The Labute approximate surface area is 180 Å². The van der Waals surface area contributed by atoms with Crippen molar-refractivity contribution in [2.75, 3.05) is 6.61 Å². The van der Waals surface area contributed by atoms with Gasteiger partial charge in [-0.25, -0.2) is 4.98 Å². The Bertz CT molecular complexity index is 1100. The molecule has 0 N–H and O–H groups in total. The molecular weight excluding hydrogens is 396 g/mol. The zero-order valence-corrected chi connectivity index (χ0v) is 18.2. The van der Waals surface area contributed by atoms with E-state index in [0.29, 0.717) is 28.2 Å². The van der Waals surface area contributed by atoms with Crippen LogP contribution in [0.1, 0.15) is 42.6 Å². The first-order valence-corrected chi connectivity index (χ1v) is 11.4. The van der Waals surface area contributed by atoms with Crippen LogP contribution in [-0.4, -0.2) is 33.3 Å². The molecule has 0 amide bonds. The molecule has 3 aromatic rings. The van der Waals surface area contributed by atoms with Crippen LogP contribution in [0.5, 0.6) is 0 Å². The van der Waals surface area contributed by atoms with Crippen LogP contribution in [0.15, 0.2) is 58.5 Å². The number of carbonyl (C=O) groups is 1. The maximum Gasteiger partial charge on any atom is 0.262 e. The van der Waals surface area contributed by atoms with Crippen LogP contribution in [0, 0.1) is 0 Å². The fourth-order valence-electron chi connectivity index (χ4n) is 3.74. The standard InChI is InChI=1S/C24H26N2O3S/c1-3-17-10-12-18(13-11-17)22(27)16(2)30-24-25-21-9-5-4-8-20(21)23(28)26(24)15-19-7-6-14-29-19/h4-5,8-13,16,19H,3,6-7,14-15H2,1-2H3/t16-,19-/m0/s1. The minimum atomic E-state index is -0.360. The van der Waals surface area contributed by atoms with Crippen molar-refractivity contribution in [3.8, 4) is 0 Å². The lowest BCUT2D eigenvalue weighted by molar-refractivity contribution is 0.0937. The number of hydrogen-bond donors (Lipinski definition) is 0. The maximum absolute atomic E-state index is 13.2. The number of thioether (sulfide) groups is 1. The smallest absolute Gasteiger partial charge is 0.262 e. The van der Waals surface area contributed by atoms with Crippen LogP contribution < -0.4 is 5.56 Å². The highest BCUT2D eigenvalue weighted by atomic mass is 32.2. The second-order valence-corrected chi connectivity index (χ2v) is 8.95. The van der Waals surface area contributed by atoms with Gasteiger partial charge in [0.25, 0.3) is 5.56 Å². The third-order valence-corrected chi connectivity index (χ3v) is 6.63. The van der Waals surface area contributed by atoms with Gasteiger partial charge in [-0.1, -0.05) is 55.1 Å². The van der Waals surface area contributed by atoms with Gasteiger partial charge in [0, 0.05) is 12.2 Å². The number of ketones is 1. The lowest BCUT2D eigenvalue weighted by Crippen LogP contribution is -2.29. The second kappa shape index (κ2) is 9.14. The van der Waals surface area contributed by atoms with E-state index in [1.807, 2.05) is 49.4 Å². The first-order chi connectivity index (χ1) is 14.6. The molecule has 1 aliphatic heterocycles. The maximum atomic E-state index is 13.2. The highest BCUT2D eigenvalue weighted by Crippen LogP contribution is 2.26. The Hall–Kier alpha value is -2.44. The highest BCUT2D eigenvalue weighted by Gasteiger charge is 2.23. The number of carbonyl (C=O) groups excluding carboxylic acids is 1. The summed E-state index contributed by atoms with van der Waals surface area (Å²) < 4.78 is 7.45. The van der Waals surface area contributed by atoms with Crippen LogP contribution in [-0.2, 0) is 17.7 Å². The minimum absolute atomic E-state index is 0.0117. The Kier molecular flexibility index (Phi) is 6.35. The van der Waals surface area contributed by atoms with Crippen LogP contribution in [0.25, 0.3) is 10.9 Å². The lowest BCUT2D eigenvalue weighted by Gasteiger charge is -2.18. The molecule has 2 heterocycles. The largest absolute Gasteiger partial charge is 0.376 e. The van der Waals surface area contributed by atoms with Crippen molar-refractivity contribution in [1.29, 1.82) is 0 Å². The van der Waals surface area contributed by atoms with Gasteiger partial charge >= 0.3 is 0 Å². The van der Waals surface area contributed by atoms with E-state index >= 15 is 0 Å². The van der Waals surface area contributed by atoms with Crippen LogP contribution in [0.4, 0.5) is 0 Å². The number of Topliss-reactive ketones (excluding diaryl/α,β-unsaturated/α-hetero) is 1. The summed E-state index contributed by atoms with van der Waals surface area (Å²) in [7, 11) is 0. The molecule has 0 unspecified atom stereocenters. The van der Waals surface area contributed by atoms with Crippen molar-refractivity contribution in [1.82, 2.24) is 9.55 Å². The molecule has 156 valence electrons. The molecule has 1 aromatic heterocycles. The molecule has 0 aliphatic carbocycles. The molecule has 4 rings (SSSR count). The summed E-state index contributed by atoms with van der Waals surface area (Å²) in [4.78, 5) is 30.9. The summed E-state index contributed by atoms with van der Waals surface area (Å²) in [6, 6.07) is 15.1.